The predicted molar refractivity (Wildman–Crippen MR) is 119 cm³/mol. The molecule has 30 heavy (non-hydrogen) atoms. The molecule has 1 amide bonds. The summed E-state index contributed by atoms with van der Waals surface area (Å²) >= 11 is 0. The summed E-state index contributed by atoms with van der Waals surface area (Å²) in [4.78, 5) is 13.0. The number of amides is 1. The number of ether oxygens (including phenoxy) is 1. The summed E-state index contributed by atoms with van der Waals surface area (Å²) in [7, 11) is 0. The minimum absolute atomic E-state index is 0.000535. The molecule has 0 bridgehead atoms. The summed E-state index contributed by atoms with van der Waals surface area (Å²) in [5.74, 6) is 0.579. The quantitative estimate of drug-likeness (QED) is 0.515. The molecule has 0 saturated carbocycles. The van der Waals surface area contributed by atoms with Gasteiger partial charge in [-0.1, -0.05) is 74.0 Å². The molecule has 5 heteroatoms. The van der Waals surface area contributed by atoms with Gasteiger partial charge in [0.2, 0.25) is 0 Å². The summed E-state index contributed by atoms with van der Waals surface area (Å²) in [5.41, 5.74) is 2.44. The van der Waals surface area contributed by atoms with E-state index in [0.717, 1.165) is 40.8 Å². The molecule has 0 aromatic heterocycles. The van der Waals surface area contributed by atoms with Crippen LogP contribution >= 0.6 is 0 Å². The average Bonchev–Trinajstić information content (AvgIpc) is 3.09. The van der Waals surface area contributed by atoms with Gasteiger partial charge in [-0.25, -0.2) is 0 Å². The van der Waals surface area contributed by atoms with Crippen molar-refractivity contribution in [3.8, 4) is 16.9 Å². The highest BCUT2D eigenvalue weighted by Crippen LogP contribution is 2.35. The van der Waals surface area contributed by atoms with E-state index in [1.54, 1.807) is 0 Å². The van der Waals surface area contributed by atoms with Crippen molar-refractivity contribution in [2.75, 3.05) is 6.61 Å². The van der Waals surface area contributed by atoms with E-state index in [1.807, 2.05) is 78.9 Å². The van der Waals surface area contributed by atoms with Crippen LogP contribution in [0.4, 0.5) is 0 Å². The molecule has 152 valence electrons. The Hall–Kier alpha value is -3.60. The molecular formula is C25H25N3O2. The first kappa shape index (κ1) is 19.7. The number of rotatable bonds is 7. The normalized spacial score (nSPS) is 18.0. The van der Waals surface area contributed by atoms with Crippen molar-refractivity contribution in [1.82, 2.24) is 10.6 Å². The molecule has 3 aromatic rings. The third-order valence-corrected chi connectivity index (χ3v) is 5.33. The average molecular weight is 399 g/mol. The van der Waals surface area contributed by atoms with Gasteiger partial charge in [-0.2, -0.15) is 0 Å². The molecule has 4 rings (SSSR count). The van der Waals surface area contributed by atoms with Gasteiger partial charge in [-0.05, 0) is 46.9 Å². The van der Waals surface area contributed by atoms with Crippen molar-refractivity contribution in [3.63, 3.8) is 0 Å². The van der Waals surface area contributed by atoms with Crippen LogP contribution in [0, 0.1) is 5.41 Å². The van der Waals surface area contributed by atoms with E-state index in [-0.39, 0.29) is 11.9 Å². The molecule has 0 radical (unpaired) electrons. The van der Waals surface area contributed by atoms with Gasteiger partial charge < -0.3 is 10.1 Å². The summed E-state index contributed by atoms with van der Waals surface area (Å²) in [6.45, 7) is 2.84. The van der Waals surface area contributed by atoms with E-state index in [0.29, 0.717) is 6.61 Å². The van der Waals surface area contributed by atoms with E-state index < -0.39 is 5.54 Å². The number of unbranched alkanes of at least 4 members (excludes halogenated alkanes) is 1. The number of carbonyl (C=O) groups excluding carboxylic acids is 1. The van der Waals surface area contributed by atoms with Gasteiger partial charge in [-0.3, -0.25) is 15.5 Å². The third kappa shape index (κ3) is 3.66. The molecule has 3 aromatic carbocycles. The predicted octanol–water partition coefficient (Wildman–Crippen LogP) is 4.43. The first-order chi connectivity index (χ1) is 14.6. The molecule has 3 N–H and O–H groups in total. The first-order valence-corrected chi connectivity index (χ1v) is 10.2. The van der Waals surface area contributed by atoms with Crippen molar-refractivity contribution in [3.05, 3.63) is 90.0 Å². The lowest BCUT2D eigenvalue weighted by Gasteiger charge is -2.28. The van der Waals surface area contributed by atoms with E-state index in [1.165, 1.54) is 0 Å². The number of benzene rings is 3. The molecule has 1 heterocycles. The molecule has 1 fully saturated rings. The Balaban J connectivity index is 1.74. The Kier molecular flexibility index (Phi) is 5.53. The van der Waals surface area contributed by atoms with E-state index in [4.69, 9.17) is 10.1 Å². The first-order valence-electron chi connectivity index (χ1n) is 10.2. The maximum absolute atomic E-state index is 13.0. The van der Waals surface area contributed by atoms with E-state index in [2.05, 4.69) is 17.6 Å². The van der Waals surface area contributed by atoms with Gasteiger partial charge >= 0.3 is 0 Å². The van der Waals surface area contributed by atoms with Crippen LogP contribution < -0.4 is 15.4 Å². The fraction of sp³-hybridized carbons (Fsp3) is 0.200. The van der Waals surface area contributed by atoms with Crippen LogP contribution in [0.25, 0.3) is 11.1 Å². The summed E-state index contributed by atoms with van der Waals surface area (Å²) < 4.78 is 5.85. The van der Waals surface area contributed by atoms with Gasteiger partial charge in [0.1, 0.15) is 5.75 Å². The second kappa shape index (κ2) is 8.41. The summed E-state index contributed by atoms with van der Waals surface area (Å²) in [5, 5.41) is 13.7. The second-order valence-corrected chi connectivity index (χ2v) is 7.38. The van der Waals surface area contributed by atoms with Crippen LogP contribution in [-0.2, 0) is 10.3 Å². The molecule has 0 aliphatic carbocycles. The van der Waals surface area contributed by atoms with Crippen molar-refractivity contribution in [1.29, 1.82) is 5.41 Å². The Morgan fingerprint density at radius 1 is 0.900 bits per heavy atom. The van der Waals surface area contributed by atoms with Crippen LogP contribution in [0.3, 0.4) is 0 Å². The number of hydrogen-bond acceptors (Lipinski definition) is 3. The van der Waals surface area contributed by atoms with Gasteiger partial charge in [0, 0.05) is 0 Å². The number of carbonyl (C=O) groups is 1. The zero-order valence-electron chi connectivity index (χ0n) is 16.9. The molecule has 1 saturated heterocycles. The van der Waals surface area contributed by atoms with Gasteiger partial charge in [0.25, 0.3) is 5.91 Å². The topological polar surface area (TPSA) is 74.2 Å². The van der Waals surface area contributed by atoms with Crippen molar-refractivity contribution < 1.29 is 9.53 Å². The Bertz CT molecular complexity index is 1060. The van der Waals surface area contributed by atoms with Gasteiger partial charge in [-0.15, -0.1) is 0 Å². The molecule has 0 spiro atoms. The van der Waals surface area contributed by atoms with E-state index >= 15 is 0 Å². The Labute approximate surface area is 176 Å². The molecule has 1 aliphatic heterocycles. The zero-order valence-corrected chi connectivity index (χ0v) is 16.9. The van der Waals surface area contributed by atoms with Crippen LogP contribution in [-0.4, -0.2) is 18.5 Å². The zero-order chi connectivity index (χ0) is 21.0. The van der Waals surface area contributed by atoms with Crippen LogP contribution in [0.5, 0.6) is 5.75 Å². The standard InChI is InChI=1S/C25H25N3O2/c1-2-3-15-30-22-14-8-10-19(17-22)18-9-7-13-21(16-18)25(20-11-5-4-6-12-20)23(29)27-24(26)28-25/h4-14,16-17H,2-3,15H2,1H3,(H3,26,27,28,29). The van der Waals surface area contributed by atoms with Crippen LogP contribution in [0.2, 0.25) is 0 Å². The lowest BCUT2D eigenvalue weighted by atomic mass is 9.82. The maximum atomic E-state index is 13.0. The SMILES string of the molecule is CCCCOc1cccc(-c2cccc(C3(c4ccccc4)NC(=N)NC3=O)c2)c1. The minimum Gasteiger partial charge on any atom is -0.494 e. The molecule has 1 unspecified atom stereocenters. The lowest BCUT2D eigenvalue weighted by molar-refractivity contribution is -0.122. The molecule has 1 atom stereocenters. The van der Waals surface area contributed by atoms with Gasteiger partial charge in [0.05, 0.1) is 6.61 Å². The molecular weight excluding hydrogens is 374 g/mol. The third-order valence-electron chi connectivity index (χ3n) is 5.33. The highest BCUT2D eigenvalue weighted by Gasteiger charge is 2.47. The van der Waals surface area contributed by atoms with Crippen molar-refractivity contribution in [2.24, 2.45) is 0 Å². The maximum Gasteiger partial charge on any atom is 0.261 e. The monoisotopic (exact) mass is 399 g/mol. The summed E-state index contributed by atoms with van der Waals surface area (Å²) in [6.07, 6.45) is 2.11. The fourth-order valence-corrected chi connectivity index (χ4v) is 3.78. The Morgan fingerprint density at radius 2 is 1.60 bits per heavy atom. The lowest BCUT2D eigenvalue weighted by Crippen LogP contribution is -2.44. The minimum atomic E-state index is -1.14. The van der Waals surface area contributed by atoms with E-state index in [9.17, 15) is 4.79 Å². The van der Waals surface area contributed by atoms with Gasteiger partial charge in [0.15, 0.2) is 11.5 Å². The molecule has 1 aliphatic rings. The van der Waals surface area contributed by atoms with Crippen LogP contribution in [0.1, 0.15) is 30.9 Å². The highest BCUT2D eigenvalue weighted by atomic mass is 16.5. The second-order valence-electron chi connectivity index (χ2n) is 7.38. The number of nitrogens with one attached hydrogen (secondary N) is 3. The van der Waals surface area contributed by atoms with Crippen LogP contribution in [0.15, 0.2) is 78.9 Å². The number of guanidine groups is 1. The van der Waals surface area contributed by atoms with Crippen molar-refractivity contribution >= 4 is 11.9 Å². The Morgan fingerprint density at radius 3 is 2.30 bits per heavy atom. The summed E-state index contributed by atoms with van der Waals surface area (Å²) in [6, 6.07) is 25.4. The van der Waals surface area contributed by atoms with Crippen molar-refractivity contribution in [2.45, 2.75) is 25.3 Å². The largest absolute Gasteiger partial charge is 0.494 e. The molecule has 5 nitrogen and oxygen atoms in total. The fourth-order valence-electron chi connectivity index (χ4n) is 3.78. The number of hydrogen-bond donors (Lipinski definition) is 3. The smallest absolute Gasteiger partial charge is 0.261 e. The highest BCUT2D eigenvalue weighted by molar-refractivity contribution is 6.10.